The molecule has 3 atom stereocenters. The first-order valence-corrected chi connectivity index (χ1v) is 11.2. The number of hydrogen-bond donors (Lipinski definition) is 1. The van der Waals surface area contributed by atoms with E-state index in [0.29, 0.717) is 10.9 Å². The Morgan fingerprint density at radius 2 is 2.08 bits per heavy atom. The minimum absolute atomic E-state index is 0.251. The van der Waals surface area contributed by atoms with E-state index in [1.54, 1.807) is 11.3 Å². The molecule has 5 heteroatoms. The summed E-state index contributed by atoms with van der Waals surface area (Å²) in [6.45, 7) is 0.703. The molecule has 138 valence electrons. The molecule has 1 aromatic heterocycles. The van der Waals surface area contributed by atoms with Gasteiger partial charge in [0, 0.05) is 22.2 Å². The number of thiophene rings is 1. The van der Waals surface area contributed by atoms with Gasteiger partial charge < -0.3 is 10.2 Å². The van der Waals surface area contributed by atoms with Gasteiger partial charge in [0.05, 0.1) is 6.04 Å². The van der Waals surface area contributed by atoms with E-state index >= 15 is 0 Å². The highest BCUT2D eigenvalue weighted by atomic mass is 79.9. The third kappa shape index (κ3) is 3.70. The molecule has 0 radical (unpaired) electrons. The van der Waals surface area contributed by atoms with E-state index in [-0.39, 0.29) is 17.4 Å². The first-order chi connectivity index (χ1) is 11.9. The number of halogens is 1. The maximum absolute atomic E-state index is 12.8. The average Bonchev–Trinajstić information content (AvgIpc) is 2.97. The third-order valence-corrected chi connectivity index (χ3v) is 8.54. The van der Waals surface area contributed by atoms with E-state index < -0.39 is 0 Å². The molecule has 25 heavy (non-hydrogen) atoms. The highest BCUT2D eigenvalue weighted by Gasteiger charge is 2.57. The number of carbonyl (C=O) groups is 1. The van der Waals surface area contributed by atoms with Crippen molar-refractivity contribution >= 4 is 33.2 Å². The molecule has 0 aromatic carbocycles. The van der Waals surface area contributed by atoms with Crippen LogP contribution in [-0.4, -0.2) is 35.8 Å². The lowest BCUT2D eigenvalue weighted by Gasteiger charge is -2.60. The summed E-state index contributed by atoms with van der Waals surface area (Å²) >= 11 is 5.82. The second-order valence-corrected chi connectivity index (χ2v) is 11.7. The standard InChI is InChI=1S/C20H29BrN2OS/c1-23(2)16(17-4-3-5-25-17)12-22-18(24)11-19-7-14-6-15(8-19)10-20(21,9-14)13-19/h3-5,14-16H,6-13H2,1-2H3,(H,22,24). The molecule has 0 aliphatic heterocycles. The van der Waals surface area contributed by atoms with Gasteiger partial charge in [0.2, 0.25) is 5.91 Å². The van der Waals surface area contributed by atoms with Crippen molar-refractivity contribution in [1.29, 1.82) is 0 Å². The molecular formula is C20H29BrN2OS. The summed E-state index contributed by atoms with van der Waals surface area (Å²) in [5.41, 5.74) is 0.258. The molecule has 0 saturated heterocycles. The first kappa shape index (κ1) is 18.0. The summed E-state index contributed by atoms with van der Waals surface area (Å²) < 4.78 is 0.334. The summed E-state index contributed by atoms with van der Waals surface area (Å²) in [4.78, 5) is 16.3. The number of nitrogens with zero attached hydrogens (tertiary/aromatic N) is 1. The second-order valence-electron chi connectivity index (χ2n) is 9.09. The highest BCUT2D eigenvalue weighted by molar-refractivity contribution is 9.10. The number of rotatable bonds is 6. The molecule has 4 aliphatic carbocycles. The Morgan fingerprint density at radius 3 is 2.64 bits per heavy atom. The Kier molecular flexibility index (Phi) is 4.79. The lowest BCUT2D eigenvalue weighted by atomic mass is 9.48. The number of nitrogens with one attached hydrogen (secondary N) is 1. The van der Waals surface area contributed by atoms with Crippen molar-refractivity contribution in [3.05, 3.63) is 22.4 Å². The lowest BCUT2D eigenvalue weighted by Crippen LogP contribution is -2.54. The molecule has 4 aliphatic rings. The molecule has 1 aromatic rings. The van der Waals surface area contributed by atoms with E-state index in [1.165, 1.54) is 43.4 Å². The summed E-state index contributed by atoms with van der Waals surface area (Å²) in [5, 5.41) is 5.36. The monoisotopic (exact) mass is 424 g/mol. The van der Waals surface area contributed by atoms with Gasteiger partial charge in [-0.15, -0.1) is 11.3 Å². The topological polar surface area (TPSA) is 32.3 Å². The van der Waals surface area contributed by atoms with Crippen LogP contribution < -0.4 is 5.32 Å². The molecule has 1 heterocycles. The Bertz CT molecular complexity index is 616. The number of likely N-dealkylation sites (N-methyl/N-ethyl adjacent to an activating group) is 1. The smallest absolute Gasteiger partial charge is 0.220 e. The van der Waals surface area contributed by atoms with E-state index in [4.69, 9.17) is 0 Å². The Balaban J connectivity index is 1.38. The average molecular weight is 425 g/mol. The van der Waals surface area contributed by atoms with Crippen molar-refractivity contribution in [3.63, 3.8) is 0 Å². The SMILES string of the molecule is CN(C)C(CNC(=O)CC12CC3CC(CC(Br)(C3)C1)C2)c1cccs1. The molecule has 4 fully saturated rings. The summed E-state index contributed by atoms with van der Waals surface area (Å²) in [6, 6.07) is 4.51. The predicted octanol–water partition coefficient (Wildman–Crippen LogP) is 4.59. The van der Waals surface area contributed by atoms with Crippen LogP contribution in [0, 0.1) is 17.3 Å². The van der Waals surface area contributed by atoms with Crippen LogP contribution in [0.1, 0.15) is 55.9 Å². The van der Waals surface area contributed by atoms with E-state index in [0.717, 1.165) is 18.3 Å². The zero-order valence-electron chi connectivity index (χ0n) is 15.3. The van der Waals surface area contributed by atoms with Crippen molar-refractivity contribution in [3.8, 4) is 0 Å². The summed E-state index contributed by atoms with van der Waals surface area (Å²) in [7, 11) is 4.18. The van der Waals surface area contributed by atoms with Crippen molar-refractivity contribution in [2.45, 2.75) is 55.3 Å². The van der Waals surface area contributed by atoms with Crippen molar-refractivity contribution in [1.82, 2.24) is 10.2 Å². The summed E-state index contributed by atoms with van der Waals surface area (Å²) in [5.74, 6) is 1.93. The normalized spacial score (nSPS) is 37.4. The fourth-order valence-corrected chi connectivity index (χ4v) is 8.61. The molecule has 1 N–H and O–H groups in total. The molecule has 4 saturated carbocycles. The predicted molar refractivity (Wildman–Crippen MR) is 107 cm³/mol. The molecular weight excluding hydrogens is 396 g/mol. The zero-order valence-corrected chi connectivity index (χ0v) is 17.7. The highest BCUT2D eigenvalue weighted by Crippen LogP contribution is 2.65. The van der Waals surface area contributed by atoms with E-state index in [1.807, 2.05) is 0 Å². The van der Waals surface area contributed by atoms with Crippen LogP contribution in [0.4, 0.5) is 0 Å². The van der Waals surface area contributed by atoms with Crippen LogP contribution in [0.5, 0.6) is 0 Å². The zero-order chi connectivity index (χ0) is 17.7. The van der Waals surface area contributed by atoms with Crippen molar-refractivity contribution in [2.24, 2.45) is 17.3 Å². The third-order valence-electron chi connectivity index (χ3n) is 6.63. The van der Waals surface area contributed by atoms with Crippen molar-refractivity contribution < 1.29 is 4.79 Å². The molecule has 4 bridgehead atoms. The molecule has 5 rings (SSSR count). The lowest BCUT2D eigenvalue weighted by molar-refractivity contribution is -0.128. The van der Waals surface area contributed by atoms with Crippen LogP contribution in [0.3, 0.4) is 0 Å². The van der Waals surface area contributed by atoms with Gasteiger partial charge in [-0.05, 0) is 81.3 Å². The largest absolute Gasteiger partial charge is 0.354 e. The Labute approximate surface area is 163 Å². The van der Waals surface area contributed by atoms with E-state index in [2.05, 4.69) is 57.8 Å². The van der Waals surface area contributed by atoms with Gasteiger partial charge in [0.1, 0.15) is 0 Å². The van der Waals surface area contributed by atoms with Crippen LogP contribution in [-0.2, 0) is 4.79 Å². The molecule has 3 unspecified atom stereocenters. The fraction of sp³-hybridized carbons (Fsp3) is 0.750. The van der Waals surface area contributed by atoms with Crippen LogP contribution >= 0.6 is 27.3 Å². The quantitative estimate of drug-likeness (QED) is 0.677. The number of carbonyl (C=O) groups excluding carboxylic acids is 1. The van der Waals surface area contributed by atoms with Crippen LogP contribution in [0.2, 0.25) is 0 Å². The molecule has 1 amide bonds. The van der Waals surface area contributed by atoms with E-state index in [9.17, 15) is 4.79 Å². The number of hydrogen-bond acceptors (Lipinski definition) is 3. The molecule has 3 nitrogen and oxygen atoms in total. The number of alkyl halides is 1. The minimum Gasteiger partial charge on any atom is -0.354 e. The molecule has 0 spiro atoms. The van der Waals surface area contributed by atoms with Crippen LogP contribution in [0.15, 0.2) is 17.5 Å². The van der Waals surface area contributed by atoms with Gasteiger partial charge in [-0.3, -0.25) is 4.79 Å². The van der Waals surface area contributed by atoms with Gasteiger partial charge in [-0.1, -0.05) is 22.0 Å². The van der Waals surface area contributed by atoms with Gasteiger partial charge in [0.25, 0.3) is 0 Å². The van der Waals surface area contributed by atoms with Gasteiger partial charge >= 0.3 is 0 Å². The first-order valence-electron chi connectivity index (χ1n) is 9.52. The Hall–Kier alpha value is -0.390. The summed E-state index contributed by atoms with van der Waals surface area (Å²) in [6.07, 6.45) is 8.51. The van der Waals surface area contributed by atoms with Crippen molar-refractivity contribution in [2.75, 3.05) is 20.6 Å². The Morgan fingerprint density at radius 1 is 1.36 bits per heavy atom. The van der Waals surface area contributed by atoms with Gasteiger partial charge in [0.15, 0.2) is 0 Å². The number of amides is 1. The van der Waals surface area contributed by atoms with Crippen LogP contribution in [0.25, 0.3) is 0 Å². The second kappa shape index (κ2) is 6.65. The maximum atomic E-state index is 12.8. The maximum Gasteiger partial charge on any atom is 0.220 e. The van der Waals surface area contributed by atoms with Gasteiger partial charge in [-0.2, -0.15) is 0 Å². The van der Waals surface area contributed by atoms with Gasteiger partial charge in [-0.25, -0.2) is 0 Å². The minimum atomic E-state index is 0.251. The fourth-order valence-electron chi connectivity index (χ4n) is 6.17.